The van der Waals surface area contributed by atoms with Gasteiger partial charge < -0.3 is 10.6 Å². The fraction of sp³-hybridized carbons (Fsp3) is 0.200. The summed E-state index contributed by atoms with van der Waals surface area (Å²) in [5.41, 5.74) is 2.81. The third kappa shape index (κ3) is 5.29. The van der Waals surface area contributed by atoms with Gasteiger partial charge in [-0.15, -0.1) is 0 Å². The Bertz CT molecular complexity index is 728. The number of nitriles is 1. The van der Waals surface area contributed by atoms with Gasteiger partial charge in [-0.2, -0.15) is 5.26 Å². The molecule has 4 nitrogen and oxygen atoms in total. The zero-order chi connectivity index (χ0) is 17.2. The zero-order valence-corrected chi connectivity index (χ0v) is 13.8. The Kier molecular flexibility index (Phi) is 6.60. The molecule has 122 valence electrons. The quantitative estimate of drug-likeness (QED) is 0.584. The maximum atomic E-state index is 12.1. The van der Waals surface area contributed by atoms with Gasteiger partial charge in [-0.25, -0.2) is 0 Å². The van der Waals surface area contributed by atoms with Gasteiger partial charge in [-0.3, -0.25) is 4.79 Å². The topological polar surface area (TPSA) is 64.9 Å². The maximum absolute atomic E-state index is 12.1. The van der Waals surface area contributed by atoms with Crippen molar-refractivity contribution in [1.29, 1.82) is 5.26 Å². The predicted molar refractivity (Wildman–Crippen MR) is 97.4 cm³/mol. The number of benzene rings is 2. The van der Waals surface area contributed by atoms with Gasteiger partial charge in [0.25, 0.3) is 5.91 Å². The van der Waals surface area contributed by atoms with E-state index in [1.165, 1.54) is 24.6 Å². The summed E-state index contributed by atoms with van der Waals surface area (Å²) in [5, 5.41) is 14.9. The molecule has 1 amide bonds. The fourth-order valence-electron chi connectivity index (χ4n) is 2.17. The van der Waals surface area contributed by atoms with Gasteiger partial charge in [-0.05, 0) is 42.7 Å². The lowest BCUT2D eigenvalue weighted by Crippen LogP contribution is -2.14. The number of hydrogen-bond donors (Lipinski definition) is 2. The zero-order valence-electron chi connectivity index (χ0n) is 13.8. The average Bonchev–Trinajstić information content (AvgIpc) is 2.62. The van der Waals surface area contributed by atoms with E-state index in [0.717, 1.165) is 12.1 Å². The molecule has 0 aromatic heterocycles. The van der Waals surface area contributed by atoms with Crippen molar-refractivity contribution in [2.45, 2.75) is 26.2 Å². The van der Waals surface area contributed by atoms with Crippen LogP contribution in [0.4, 0.5) is 11.4 Å². The summed E-state index contributed by atoms with van der Waals surface area (Å²) < 4.78 is 0. The molecular weight excluding hydrogens is 298 g/mol. The van der Waals surface area contributed by atoms with E-state index in [-0.39, 0.29) is 5.57 Å². The van der Waals surface area contributed by atoms with E-state index in [2.05, 4.69) is 29.7 Å². The van der Waals surface area contributed by atoms with E-state index < -0.39 is 5.91 Å². The Hall–Kier alpha value is -3.06. The number of rotatable bonds is 7. The number of amides is 1. The van der Waals surface area contributed by atoms with Crippen LogP contribution in [0.25, 0.3) is 0 Å². The number of nitrogens with one attached hydrogen (secondary N) is 2. The Morgan fingerprint density at radius 2 is 1.79 bits per heavy atom. The van der Waals surface area contributed by atoms with E-state index in [9.17, 15) is 10.1 Å². The third-order valence-electron chi connectivity index (χ3n) is 3.55. The highest BCUT2D eigenvalue weighted by molar-refractivity contribution is 6.06. The lowest BCUT2D eigenvalue weighted by Gasteiger charge is -2.06. The van der Waals surface area contributed by atoms with Crippen molar-refractivity contribution in [1.82, 2.24) is 0 Å². The number of para-hydroxylation sites is 1. The summed E-state index contributed by atoms with van der Waals surface area (Å²) >= 11 is 0. The molecule has 0 fully saturated rings. The van der Waals surface area contributed by atoms with E-state index >= 15 is 0 Å². The van der Waals surface area contributed by atoms with Gasteiger partial charge in [0.15, 0.2) is 0 Å². The van der Waals surface area contributed by atoms with Crippen molar-refractivity contribution in [3.8, 4) is 6.07 Å². The van der Waals surface area contributed by atoms with E-state index in [1.807, 2.05) is 36.4 Å². The molecule has 0 saturated heterocycles. The lowest BCUT2D eigenvalue weighted by atomic mass is 10.1. The number of hydrogen-bond acceptors (Lipinski definition) is 3. The second kappa shape index (κ2) is 9.16. The predicted octanol–water partition coefficient (Wildman–Crippen LogP) is 4.49. The van der Waals surface area contributed by atoms with Gasteiger partial charge in [-0.1, -0.05) is 43.7 Å². The minimum absolute atomic E-state index is 0.0221. The van der Waals surface area contributed by atoms with E-state index in [1.54, 1.807) is 12.1 Å². The number of carbonyl (C=O) groups is 1. The van der Waals surface area contributed by atoms with Crippen molar-refractivity contribution in [2.24, 2.45) is 0 Å². The monoisotopic (exact) mass is 319 g/mol. The van der Waals surface area contributed by atoms with Crippen LogP contribution in [-0.4, -0.2) is 5.91 Å². The average molecular weight is 319 g/mol. The largest absolute Gasteiger partial charge is 0.360 e. The van der Waals surface area contributed by atoms with Crippen LogP contribution in [-0.2, 0) is 11.2 Å². The fourth-order valence-corrected chi connectivity index (χ4v) is 2.17. The number of nitrogens with zero attached hydrogens (tertiary/aromatic N) is 1. The smallest absolute Gasteiger partial charge is 0.267 e. The highest BCUT2D eigenvalue weighted by Crippen LogP contribution is 2.13. The molecule has 0 heterocycles. The van der Waals surface area contributed by atoms with Crippen LogP contribution in [0.1, 0.15) is 25.3 Å². The summed E-state index contributed by atoms with van der Waals surface area (Å²) in [6.07, 6.45) is 4.84. The number of anilines is 2. The second-order valence-corrected chi connectivity index (χ2v) is 5.43. The maximum Gasteiger partial charge on any atom is 0.267 e. The van der Waals surface area contributed by atoms with Crippen LogP contribution in [0.3, 0.4) is 0 Å². The van der Waals surface area contributed by atoms with Gasteiger partial charge >= 0.3 is 0 Å². The molecule has 2 aromatic rings. The molecule has 0 bridgehead atoms. The van der Waals surface area contributed by atoms with Gasteiger partial charge in [0.2, 0.25) is 0 Å². The molecule has 0 aliphatic carbocycles. The van der Waals surface area contributed by atoms with Crippen LogP contribution < -0.4 is 10.6 Å². The van der Waals surface area contributed by atoms with E-state index in [0.29, 0.717) is 5.69 Å². The highest BCUT2D eigenvalue weighted by Gasteiger charge is 2.08. The second-order valence-electron chi connectivity index (χ2n) is 5.43. The van der Waals surface area contributed by atoms with Crippen molar-refractivity contribution >= 4 is 17.3 Å². The standard InChI is InChI=1S/C20H21N3O/c1-2-3-7-16-10-12-18(13-11-16)22-15-17(14-21)20(24)23-19-8-5-4-6-9-19/h4-6,8-13,15,22H,2-3,7H2,1H3,(H,23,24)/b17-15+. The van der Waals surface area contributed by atoms with E-state index in [4.69, 9.17) is 0 Å². The third-order valence-corrected chi connectivity index (χ3v) is 3.55. The Morgan fingerprint density at radius 1 is 1.08 bits per heavy atom. The molecule has 0 aliphatic rings. The number of aryl methyl sites for hydroxylation is 1. The van der Waals surface area contributed by atoms with Gasteiger partial charge in [0.05, 0.1) is 0 Å². The molecule has 0 aliphatic heterocycles. The molecule has 0 atom stereocenters. The molecule has 4 heteroatoms. The molecule has 2 rings (SSSR count). The SMILES string of the molecule is CCCCc1ccc(N/C=C(\C#N)C(=O)Nc2ccccc2)cc1. The first-order valence-corrected chi connectivity index (χ1v) is 8.05. The molecule has 0 spiro atoms. The van der Waals surface area contributed by atoms with Crippen LogP contribution in [0.2, 0.25) is 0 Å². The van der Waals surface area contributed by atoms with Crippen LogP contribution >= 0.6 is 0 Å². The molecule has 0 saturated carbocycles. The molecule has 0 unspecified atom stereocenters. The Labute approximate surface area is 142 Å². The van der Waals surface area contributed by atoms with Crippen LogP contribution in [0.5, 0.6) is 0 Å². The van der Waals surface area contributed by atoms with Crippen LogP contribution in [0, 0.1) is 11.3 Å². The Balaban J connectivity index is 1.97. The number of unbranched alkanes of at least 4 members (excludes halogenated alkanes) is 1. The van der Waals surface area contributed by atoms with Crippen molar-refractivity contribution < 1.29 is 4.79 Å². The summed E-state index contributed by atoms with van der Waals surface area (Å²) in [6, 6.07) is 19.0. The minimum atomic E-state index is -0.434. The molecule has 0 radical (unpaired) electrons. The summed E-state index contributed by atoms with van der Waals surface area (Å²) in [6.45, 7) is 2.17. The van der Waals surface area contributed by atoms with Crippen LogP contribution in [0.15, 0.2) is 66.4 Å². The minimum Gasteiger partial charge on any atom is -0.360 e. The summed E-state index contributed by atoms with van der Waals surface area (Å²) in [5.74, 6) is -0.434. The normalized spacial score (nSPS) is 10.8. The summed E-state index contributed by atoms with van der Waals surface area (Å²) in [7, 11) is 0. The lowest BCUT2D eigenvalue weighted by molar-refractivity contribution is -0.112. The van der Waals surface area contributed by atoms with Crippen molar-refractivity contribution in [3.05, 3.63) is 71.9 Å². The Morgan fingerprint density at radius 3 is 2.42 bits per heavy atom. The van der Waals surface area contributed by atoms with Gasteiger partial charge in [0.1, 0.15) is 11.6 Å². The first-order valence-electron chi connectivity index (χ1n) is 8.05. The molecular formula is C20H21N3O. The molecule has 2 aromatic carbocycles. The van der Waals surface area contributed by atoms with Gasteiger partial charge in [0, 0.05) is 17.6 Å². The number of carbonyl (C=O) groups excluding carboxylic acids is 1. The highest BCUT2D eigenvalue weighted by atomic mass is 16.1. The molecule has 24 heavy (non-hydrogen) atoms. The van der Waals surface area contributed by atoms with Crippen molar-refractivity contribution in [3.63, 3.8) is 0 Å². The molecule has 2 N–H and O–H groups in total. The summed E-state index contributed by atoms with van der Waals surface area (Å²) in [4.78, 5) is 12.1. The first-order chi connectivity index (χ1) is 11.7. The van der Waals surface area contributed by atoms with Crippen molar-refractivity contribution in [2.75, 3.05) is 10.6 Å². The first kappa shape index (κ1) is 17.3.